The highest BCUT2D eigenvalue weighted by atomic mass is 35.5. The van der Waals surface area contributed by atoms with Crippen LogP contribution in [0, 0.1) is 5.92 Å². The highest BCUT2D eigenvalue weighted by Crippen LogP contribution is 2.20. The highest BCUT2D eigenvalue weighted by molar-refractivity contribution is 6.31. The lowest BCUT2D eigenvalue weighted by Crippen LogP contribution is -2.45. The molecule has 1 heterocycles. The van der Waals surface area contributed by atoms with Crippen molar-refractivity contribution in [3.05, 3.63) is 35.5 Å². The molecule has 1 atom stereocenters. The van der Waals surface area contributed by atoms with E-state index in [1.54, 1.807) is 36.7 Å². The molecule has 1 amide bonds. The minimum Gasteiger partial charge on any atom is -0.480 e. The standard InChI is InChI=1S/C15H17ClN2O3/c1-9(2)14(15(20)21)17-13(19)8-18-6-5-10-3-4-11(16)7-12(10)18/h3-7,9,14H,8H2,1-2H3,(H,17,19)(H,20,21). The minimum atomic E-state index is -1.03. The molecular formula is C15H17ClN2O3. The molecule has 0 aliphatic rings. The maximum atomic E-state index is 12.0. The van der Waals surface area contributed by atoms with Crippen LogP contribution in [-0.2, 0) is 16.1 Å². The van der Waals surface area contributed by atoms with E-state index in [0.717, 1.165) is 10.9 Å². The number of amides is 1. The molecule has 2 aromatic rings. The maximum absolute atomic E-state index is 12.0. The Morgan fingerprint density at radius 2 is 2.05 bits per heavy atom. The number of benzene rings is 1. The van der Waals surface area contributed by atoms with Crippen molar-refractivity contribution in [1.29, 1.82) is 0 Å². The van der Waals surface area contributed by atoms with E-state index in [9.17, 15) is 9.59 Å². The first-order valence-corrected chi connectivity index (χ1v) is 7.03. The summed E-state index contributed by atoms with van der Waals surface area (Å²) >= 11 is 5.96. The zero-order chi connectivity index (χ0) is 15.6. The zero-order valence-corrected chi connectivity index (χ0v) is 12.6. The van der Waals surface area contributed by atoms with E-state index < -0.39 is 12.0 Å². The van der Waals surface area contributed by atoms with Gasteiger partial charge in [-0.3, -0.25) is 4.79 Å². The van der Waals surface area contributed by atoms with Gasteiger partial charge in [0.05, 0.1) is 0 Å². The second-order valence-electron chi connectivity index (χ2n) is 5.27. The van der Waals surface area contributed by atoms with Gasteiger partial charge in [0.1, 0.15) is 12.6 Å². The van der Waals surface area contributed by atoms with Crippen molar-refractivity contribution in [2.45, 2.75) is 26.4 Å². The minimum absolute atomic E-state index is 0.0559. The van der Waals surface area contributed by atoms with E-state index >= 15 is 0 Å². The molecule has 1 aromatic heterocycles. The normalized spacial score (nSPS) is 12.6. The average molecular weight is 309 g/mol. The van der Waals surface area contributed by atoms with Crippen LogP contribution in [0.5, 0.6) is 0 Å². The van der Waals surface area contributed by atoms with Crippen LogP contribution in [-0.4, -0.2) is 27.6 Å². The molecule has 0 bridgehead atoms. The zero-order valence-electron chi connectivity index (χ0n) is 11.8. The van der Waals surface area contributed by atoms with E-state index in [1.807, 2.05) is 12.1 Å². The van der Waals surface area contributed by atoms with Gasteiger partial charge in [0.25, 0.3) is 0 Å². The quantitative estimate of drug-likeness (QED) is 0.891. The lowest BCUT2D eigenvalue weighted by molar-refractivity contribution is -0.143. The van der Waals surface area contributed by atoms with Gasteiger partial charge in [0.2, 0.25) is 5.91 Å². The number of carbonyl (C=O) groups is 2. The van der Waals surface area contributed by atoms with Crippen LogP contribution in [0.1, 0.15) is 13.8 Å². The van der Waals surface area contributed by atoms with Crippen molar-refractivity contribution in [3.63, 3.8) is 0 Å². The highest BCUT2D eigenvalue weighted by Gasteiger charge is 2.23. The lowest BCUT2D eigenvalue weighted by atomic mass is 10.1. The van der Waals surface area contributed by atoms with Gasteiger partial charge in [-0.15, -0.1) is 0 Å². The number of nitrogens with zero attached hydrogens (tertiary/aromatic N) is 1. The van der Waals surface area contributed by atoms with E-state index in [1.165, 1.54) is 0 Å². The number of fused-ring (bicyclic) bond motifs is 1. The predicted octanol–water partition coefficient (Wildman–Crippen LogP) is 2.52. The van der Waals surface area contributed by atoms with Crippen molar-refractivity contribution in [2.24, 2.45) is 5.92 Å². The summed E-state index contributed by atoms with van der Waals surface area (Å²) in [7, 11) is 0. The van der Waals surface area contributed by atoms with Crippen LogP contribution in [0.3, 0.4) is 0 Å². The molecule has 1 unspecified atom stereocenters. The summed E-state index contributed by atoms with van der Waals surface area (Å²) in [5.74, 6) is -1.55. The molecule has 2 N–H and O–H groups in total. The van der Waals surface area contributed by atoms with Crippen molar-refractivity contribution < 1.29 is 14.7 Å². The molecule has 2 rings (SSSR count). The smallest absolute Gasteiger partial charge is 0.326 e. The summed E-state index contributed by atoms with van der Waals surface area (Å²) < 4.78 is 1.75. The number of hydrogen-bond acceptors (Lipinski definition) is 2. The Hall–Kier alpha value is -2.01. The number of aliphatic carboxylic acids is 1. The third-order valence-corrected chi connectivity index (χ3v) is 3.53. The van der Waals surface area contributed by atoms with Gasteiger partial charge in [-0.1, -0.05) is 31.5 Å². The van der Waals surface area contributed by atoms with Gasteiger partial charge in [0, 0.05) is 16.7 Å². The SMILES string of the molecule is CC(C)C(NC(=O)Cn1ccc2ccc(Cl)cc21)C(=O)O. The maximum Gasteiger partial charge on any atom is 0.326 e. The van der Waals surface area contributed by atoms with Crippen molar-refractivity contribution in [2.75, 3.05) is 0 Å². The van der Waals surface area contributed by atoms with Crippen LogP contribution in [0.2, 0.25) is 5.02 Å². The second-order valence-corrected chi connectivity index (χ2v) is 5.71. The first-order chi connectivity index (χ1) is 9.88. The van der Waals surface area contributed by atoms with E-state index in [4.69, 9.17) is 16.7 Å². The van der Waals surface area contributed by atoms with Crippen LogP contribution in [0.4, 0.5) is 0 Å². The van der Waals surface area contributed by atoms with Crippen LogP contribution in [0.25, 0.3) is 10.9 Å². The summed E-state index contributed by atoms with van der Waals surface area (Å²) in [6.07, 6.45) is 1.78. The predicted molar refractivity (Wildman–Crippen MR) is 81.4 cm³/mol. The third kappa shape index (κ3) is 3.55. The Bertz CT molecular complexity index is 679. The summed E-state index contributed by atoms with van der Waals surface area (Å²) in [5, 5.41) is 13.2. The molecular weight excluding hydrogens is 292 g/mol. The first kappa shape index (κ1) is 15.4. The van der Waals surface area contributed by atoms with Gasteiger partial charge in [0.15, 0.2) is 0 Å². The number of halogens is 1. The molecule has 0 aliphatic carbocycles. The molecule has 5 nitrogen and oxygen atoms in total. The van der Waals surface area contributed by atoms with Crippen molar-refractivity contribution in [1.82, 2.24) is 9.88 Å². The topological polar surface area (TPSA) is 71.3 Å². The number of aromatic nitrogens is 1. The lowest BCUT2D eigenvalue weighted by Gasteiger charge is -2.18. The van der Waals surface area contributed by atoms with Crippen molar-refractivity contribution in [3.8, 4) is 0 Å². The Balaban J connectivity index is 2.14. The fraction of sp³-hybridized carbons (Fsp3) is 0.333. The molecule has 0 fully saturated rings. The fourth-order valence-corrected chi connectivity index (χ4v) is 2.35. The first-order valence-electron chi connectivity index (χ1n) is 6.65. The summed E-state index contributed by atoms with van der Waals surface area (Å²) in [5.41, 5.74) is 0.842. The Morgan fingerprint density at radius 3 is 2.67 bits per heavy atom. The average Bonchev–Trinajstić information content (AvgIpc) is 2.78. The number of carboxylic acid groups (broad SMARTS) is 1. The van der Waals surface area contributed by atoms with Gasteiger partial charge >= 0.3 is 5.97 Å². The molecule has 0 aliphatic heterocycles. The summed E-state index contributed by atoms with van der Waals surface area (Å²) in [6.45, 7) is 3.56. The van der Waals surface area contributed by atoms with Crippen molar-refractivity contribution >= 4 is 34.4 Å². The van der Waals surface area contributed by atoms with Gasteiger partial charge in [-0.25, -0.2) is 4.79 Å². The molecule has 112 valence electrons. The Kier molecular flexibility index (Phi) is 4.53. The molecule has 21 heavy (non-hydrogen) atoms. The van der Waals surface area contributed by atoms with Gasteiger partial charge in [-0.2, -0.15) is 0 Å². The second kappa shape index (κ2) is 6.18. The molecule has 0 saturated heterocycles. The number of carbonyl (C=O) groups excluding carboxylic acids is 1. The number of nitrogens with one attached hydrogen (secondary N) is 1. The van der Waals surface area contributed by atoms with Gasteiger partial charge in [-0.05, 0) is 29.5 Å². The van der Waals surface area contributed by atoms with E-state index in [0.29, 0.717) is 5.02 Å². The number of carboxylic acids is 1. The number of hydrogen-bond donors (Lipinski definition) is 2. The van der Waals surface area contributed by atoms with Crippen LogP contribution < -0.4 is 5.32 Å². The molecule has 6 heteroatoms. The molecule has 0 saturated carbocycles. The summed E-state index contributed by atoms with van der Waals surface area (Å²) in [4.78, 5) is 23.1. The monoisotopic (exact) mass is 308 g/mol. The molecule has 1 aromatic carbocycles. The third-order valence-electron chi connectivity index (χ3n) is 3.30. The molecule has 0 radical (unpaired) electrons. The van der Waals surface area contributed by atoms with Gasteiger partial charge < -0.3 is 15.0 Å². The largest absolute Gasteiger partial charge is 0.480 e. The fourth-order valence-electron chi connectivity index (χ4n) is 2.18. The Morgan fingerprint density at radius 1 is 1.33 bits per heavy atom. The van der Waals surface area contributed by atoms with E-state index in [2.05, 4.69) is 5.32 Å². The summed E-state index contributed by atoms with van der Waals surface area (Å²) in [6, 6.07) is 6.44. The van der Waals surface area contributed by atoms with Crippen LogP contribution >= 0.6 is 11.6 Å². The van der Waals surface area contributed by atoms with Crippen LogP contribution in [0.15, 0.2) is 30.5 Å². The Labute approximate surface area is 127 Å². The van der Waals surface area contributed by atoms with E-state index in [-0.39, 0.29) is 18.4 Å². The molecule has 0 spiro atoms. The number of rotatable bonds is 5.